The van der Waals surface area contributed by atoms with Crippen molar-refractivity contribution in [3.8, 4) is 0 Å². The predicted molar refractivity (Wildman–Crippen MR) is 24.3 cm³/mol. The van der Waals surface area contributed by atoms with Crippen molar-refractivity contribution >= 4 is 5.87 Å². The van der Waals surface area contributed by atoms with Crippen LogP contribution in [-0.4, -0.2) is 5.87 Å². The number of nitrogens with zero attached hydrogens (tertiary/aromatic N) is 1. The Hall–Kier alpha value is -0.640. The van der Waals surface area contributed by atoms with Crippen LogP contribution in [0.3, 0.4) is 0 Å². The van der Waals surface area contributed by atoms with E-state index in [2.05, 4.69) is 6.08 Å². The second kappa shape index (κ2) is 1.22. The van der Waals surface area contributed by atoms with Gasteiger partial charge < -0.3 is 5.41 Å². The predicted octanol–water partition coefficient (Wildman–Crippen LogP) is 0.995. The fraction of sp³-hybridized carbons (Fsp3) is 0.600. The fourth-order valence-corrected chi connectivity index (χ4v) is 0.319. The second-order valence-corrected chi connectivity index (χ2v) is 1.53. The maximum atomic E-state index is 7.92. The third-order valence-electron chi connectivity index (χ3n) is 0.846. The summed E-state index contributed by atoms with van der Waals surface area (Å²) in [6.07, 6.45) is 5.00. The Morgan fingerprint density at radius 2 is 2.33 bits per heavy atom. The molecule has 0 saturated heterocycles. The van der Waals surface area contributed by atoms with E-state index < -0.39 is 0 Å². The van der Waals surface area contributed by atoms with Gasteiger partial charge in [-0.15, -0.1) is 0 Å². The van der Waals surface area contributed by atoms with Crippen LogP contribution in [0.25, 0.3) is 5.41 Å². The smallest absolute Gasteiger partial charge is 0.261 e. The summed E-state index contributed by atoms with van der Waals surface area (Å²) in [4.78, 5) is 0. The standard InChI is InChI=1S/C5H5N/c6-4-3-5-1-2-5/h5H,1-2H2. The van der Waals surface area contributed by atoms with Crippen molar-refractivity contribution in [2.45, 2.75) is 12.8 Å². The summed E-state index contributed by atoms with van der Waals surface area (Å²) in [5.74, 6) is 2.42. The van der Waals surface area contributed by atoms with Gasteiger partial charge in [0.1, 0.15) is 0 Å². The van der Waals surface area contributed by atoms with Crippen molar-refractivity contribution in [2.24, 2.45) is 5.92 Å². The van der Waals surface area contributed by atoms with Crippen LogP contribution in [0.15, 0.2) is 0 Å². The first-order valence-corrected chi connectivity index (χ1v) is 2.08. The lowest BCUT2D eigenvalue weighted by Crippen LogP contribution is -1.58. The first kappa shape index (κ1) is 3.55. The molecule has 0 bridgehead atoms. The largest absolute Gasteiger partial charge is 0.712 e. The highest BCUT2D eigenvalue weighted by Gasteiger charge is 2.30. The molecule has 0 aromatic rings. The van der Waals surface area contributed by atoms with Crippen LogP contribution >= 0.6 is 0 Å². The number of allylic oxidation sites excluding steroid dienone is 1. The number of rotatable bonds is 1. The maximum Gasteiger partial charge on any atom is 0.261 e. The van der Waals surface area contributed by atoms with Crippen molar-refractivity contribution in [1.82, 2.24) is 0 Å². The molecule has 0 spiro atoms. The second-order valence-electron chi connectivity index (χ2n) is 1.53. The van der Waals surface area contributed by atoms with Crippen LogP contribution in [0.1, 0.15) is 12.8 Å². The van der Waals surface area contributed by atoms with Gasteiger partial charge in [0.2, 0.25) is 0 Å². The molecule has 6 heavy (non-hydrogen) atoms. The van der Waals surface area contributed by atoms with E-state index in [9.17, 15) is 0 Å². The summed E-state index contributed by atoms with van der Waals surface area (Å²) >= 11 is 0. The zero-order chi connectivity index (χ0) is 4.41. The van der Waals surface area contributed by atoms with Gasteiger partial charge in [-0.2, -0.15) is 0 Å². The Labute approximate surface area is 37.2 Å². The minimum absolute atomic E-state index is 0.537. The molecule has 1 aliphatic rings. The average molecular weight is 79.1 g/mol. The monoisotopic (exact) mass is 79.0 g/mol. The van der Waals surface area contributed by atoms with Crippen molar-refractivity contribution < 1.29 is 0 Å². The van der Waals surface area contributed by atoms with Crippen LogP contribution in [0.5, 0.6) is 0 Å². The van der Waals surface area contributed by atoms with E-state index in [0.717, 1.165) is 0 Å². The number of hydrogen-bond donors (Lipinski definition) is 0. The lowest BCUT2D eigenvalue weighted by Gasteiger charge is -1.48. The zero-order valence-electron chi connectivity index (χ0n) is 3.44. The number of hydrogen-bond acceptors (Lipinski definition) is 0. The zero-order valence-corrected chi connectivity index (χ0v) is 3.44. The van der Waals surface area contributed by atoms with Gasteiger partial charge in [0, 0.05) is 18.7 Å². The van der Waals surface area contributed by atoms with Crippen molar-refractivity contribution in [2.75, 3.05) is 0 Å². The van der Waals surface area contributed by atoms with Crippen LogP contribution < -0.4 is 0 Å². The molecule has 0 atom stereocenters. The molecule has 0 radical (unpaired) electrons. The minimum Gasteiger partial charge on any atom is -0.712 e. The molecule has 1 nitrogen and oxygen atoms in total. The van der Waals surface area contributed by atoms with Crippen LogP contribution in [0, 0.1) is 12.0 Å². The molecule has 0 N–H and O–H groups in total. The highest BCUT2D eigenvalue weighted by atomic mass is 14.3. The minimum atomic E-state index is 0.537. The van der Waals surface area contributed by atoms with Gasteiger partial charge in [0.25, 0.3) is 6.08 Å². The Morgan fingerprint density at radius 1 is 1.67 bits per heavy atom. The molecule has 0 heterocycles. The van der Waals surface area contributed by atoms with E-state index in [1.165, 1.54) is 12.8 Å². The average Bonchev–Trinajstić information content (AvgIpc) is 2.21. The topological polar surface area (TPSA) is 22.3 Å². The van der Waals surface area contributed by atoms with Crippen LogP contribution in [-0.2, 0) is 0 Å². The Morgan fingerprint density at radius 3 is 2.50 bits per heavy atom. The summed E-state index contributed by atoms with van der Waals surface area (Å²) in [6.45, 7) is 0. The molecule has 0 aromatic heterocycles. The molecule has 1 aliphatic carbocycles. The highest BCUT2D eigenvalue weighted by molar-refractivity contribution is 5.52. The summed E-state index contributed by atoms with van der Waals surface area (Å²) in [6, 6.07) is 0. The van der Waals surface area contributed by atoms with Gasteiger partial charge in [-0.3, -0.25) is 0 Å². The molecule has 0 unspecified atom stereocenters. The molecule has 30 valence electrons. The van der Waals surface area contributed by atoms with Gasteiger partial charge in [-0.25, -0.2) is 0 Å². The Balaban J connectivity index is 2.33. The molecule has 1 fully saturated rings. The summed E-state index contributed by atoms with van der Waals surface area (Å²) in [5, 5.41) is 7.92. The lowest BCUT2D eigenvalue weighted by atomic mass is 10.4. The first-order valence-electron chi connectivity index (χ1n) is 2.08. The third kappa shape index (κ3) is 0.651. The molecular formula is C5H5N. The molecule has 0 amide bonds. The van der Waals surface area contributed by atoms with E-state index in [1.54, 1.807) is 0 Å². The molecule has 1 heteroatoms. The molecule has 1 rings (SSSR count). The first-order chi connectivity index (χ1) is 2.93. The Kier molecular flexibility index (Phi) is 0.719. The van der Waals surface area contributed by atoms with Gasteiger partial charge >= 0.3 is 0 Å². The van der Waals surface area contributed by atoms with Crippen molar-refractivity contribution in [1.29, 1.82) is 0 Å². The quantitative estimate of drug-likeness (QED) is 0.330. The SMILES string of the molecule is [N-]=C=[C+]C1CC1. The van der Waals surface area contributed by atoms with E-state index in [1.807, 2.05) is 5.87 Å². The third-order valence-corrected chi connectivity index (χ3v) is 0.846. The normalized spacial score (nSPS) is 18.7. The maximum absolute atomic E-state index is 7.92. The molecule has 1 saturated carbocycles. The van der Waals surface area contributed by atoms with Gasteiger partial charge in [-0.05, 0) is 0 Å². The van der Waals surface area contributed by atoms with Crippen LogP contribution in [0.4, 0.5) is 0 Å². The van der Waals surface area contributed by atoms with Crippen LogP contribution in [0.2, 0.25) is 0 Å². The van der Waals surface area contributed by atoms with E-state index in [0.29, 0.717) is 5.92 Å². The van der Waals surface area contributed by atoms with Crippen molar-refractivity contribution in [3.63, 3.8) is 0 Å². The highest BCUT2D eigenvalue weighted by Crippen LogP contribution is 2.28. The molecule has 0 aromatic carbocycles. The summed E-state index contributed by atoms with van der Waals surface area (Å²) < 4.78 is 0. The molecule has 0 aliphatic heterocycles. The van der Waals surface area contributed by atoms with Gasteiger partial charge in [0.05, 0.1) is 0 Å². The van der Waals surface area contributed by atoms with E-state index >= 15 is 0 Å². The molecular weight excluding hydrogens is 74.1 g/mol. The Bertz CT molecular complexity index is 86.1. The fourth-order valence-electron chi connectivity index (χ4n) is 0.319. The summed E-state index contributed by atoms with van der Waals surface area (Å²) in [5.41, 5.74) is 0. The lowest BCUT2D eigenvalue weighted by molar-refractivity contribution is 1.10. The van der Waals surface area contributed by atoms with Gasteiger partial charge in [0.15, 0.2) is 5.92 Å². The van der Waals surface area contributed by atoms with E-state index in [4.69, 9.17) is 5.41 Å². The van der Waals surface area contributed by atoms with Gasteiger partial charge in [-0.1, -0.05) is 0 Å². The van der Waals surface area contributed by atoms with Crippen molar-refractivity contribution in [3.05, 3.63) is 11.5 Å². The summed E-state index contributed by atoms with van der Waals surface area (Å²) in [7, 11) is 0. The van der Waals surface area contributed by atoms with E-state index in [-0.39, 0.29) is 0 Å².